The maximum Gasteiger partial charge on any atom is 0.416 e. The van der Waals surface area contributed by atoms with Crippen molar-refractivity contribution in [2.24, 2.45) is 5.16 Å². The van der Waals surface area contributed by atoms with Gasteiger partial charge in [-0.3, -0.25) is 0 Å². The van der Waals surface area contributed by atoms with Gasteiger partial charge in [-0.15, -0.1) is 0 Å². The van der Waals surface area contributed by atoms with Crippen LogP contribution in [0, 0.1) is 0 Å². The molecule has 0 fully saturated rings. The zero-order chi connectivity index (χ0) is 20.7. The molecule has 28 heavy (non-hydrogen) atoms. The standard InChI is InChI=1S/C19H20F3N3O3/c1-4-27-18(26)12-28-23-11-13-6-5-7-14(8-13)16-9-15(19(20,21)22)10-17(24-16)25(2)3/h5-11H,4,12H2,1-3H3/b23-11+. The molecule has 1 heterocycles. The molecule has 1 aromatic heterocycles. The Bertz CT molecular complexity index is 852. The largest absolute Gasteiger partial charge is 0.463 e. The molecule has 9 heteroatoms. The van der Waals surface area contributed by atoms with E-state index in [0.717, 1.165) is 12.1 Å². The number of hydrogen-bond donors (Lipinski definition) is 0. The topological polar surface area (TPSA) is 64.0 Å². The van der Waals surface area contributed by atoms with Crippen molar-refractivity contribution in [3.8, 4) is 11.3 Å². The van der Waals surface area contributed by atoms with Gasteiger partial charge >= 0.3 is 12.1 Å². The van der Waals surface area contributed by atoms with Crippen LogP contribution in [0.4, 0.5) is 19.0 Å². The van der Waals surface area contributed by atoms with Gasteiger partial charge < -0.3 is 14.5 Å². The first kappa shape index (κ1) is 21.2. The Morgan fingerprint density at radius 2 is 2.00 bits per heavy atom. The van der Waals surface area contributed by atoms with Gasteiger partial charge in [0.1, 0.15) is 5.82 Å². The van der Waals surface area contributed by atoms with Gasteiger partial charge in [-0.25, -0.2) is 9.78 Å². The summed E-state index contributed by atoms with van der Waals surface area (Å²) in [5.74, 6) is -0.348. The Hall–Kier alpha value is -3.10. The fourth-order valence-corrected chi connectivity index (χ4v) is 2.23. The van der Waals surface area contributed by atoms with Crippen LogP contribution in [-0.2, 0) is 20.5 Å². The summed E-state index contributed by atoms with van der Waals surface area (Å²) in [6, 6.07) is 8.64. The van der Waals surface area contributed by atoms with E-state index in [1.807, 2.05) is 0 Å². The summed E-state index contributed by atoms with van der Waals surface area (Å²) in [6.45, 7) is 1.59. The lowest BCUT2D eigenvalue weighted by Gasteiger charge is -2.16. The number of oxime groups is 1. The fraction of sp³-hybridized carbons (Fsp3) is 0.316. The van der Waals surface area contributed by atoms with Gasteiger partial charge in [0, 0.05) is 19.7 Å². The molecule has 0 saturated carbocycles. The van der Waals surface area contributed by atoms with E-state index >= 15 is 0 Å². The molecular formula is C19H20F3N3O3. The Morgan fingerprint density at radius 1 is 1.25 bits per heavy atom. The molecule has 0 unspecified atom stereocenters. The van der Waals surface area contributed by atoms with Gasteiger partial charge in [0.25, 0.3) is 0 Å². The van der Waals surface area contributed by atoms with Crippen LogP contribution in [0.15, 0.2) is 41.6 Å². The predicted molar refractivity (Wildman–Crippen MR) is 99.2 cm³/mol. The molecule has 0 aliphatic carbocycles. The lowest BCUT2D eigenvalue weighted by molar-refractivity contribution is -0.148. The van der Waals surface area contributed by atoms with Crippen LogP contribution in [0.1, 0.15) is 18.1 Å². The molecule has 2 rings (SSSR count). The second-order valence-corrected chi connectivity index (χ2v) is 5.93. The molecule has 0 radical (unpaired) electrons. The number of benzene rings is 1. The number of aromatic nitrogens is 1. The number of esters is 1. The second-order valence-electron chi connectivity index (χ2n) is 5.93. The molecule has 0 N–H and O–H groups in total. The van der Waals surface area contributed by atoms with Crippen molar-refractivity contribution in [1.82, 2.24) is 4.98 Å². The van der Waals surface area contributed by atoms with Crippen LogP contribution < -0.4 is 4.90 Å². The summed E-state index contributed by atoms with van der Waals surface area (Å²) in [4.78, 5) is 21.8. The third-order valence-electron chi connectivity index (χ3n) is 3.54. The molecule has 0 amide bonds. The average Bonchev–Trinajstić information content (AvgIpc) is 2.64. The summed E-state index contributed by atoms with van der Waals surface area (Å²) >= 11 is 0. The molecule has 0 spiro atoms. The summed E-state index contributed by atoms with van der Waals surface area (Å²) in [7, 11) is 3.24. The van der Waals surface area contributed by atoms with Gasteiger partial charge in [-0.05, 0) is 30.7 Å². The van der Waals surface area contributed by atoms with Crippen molar-refractivity contribution in [3.63, 3.8) is 0 Å². The number of nitrogens with zero attached hydrogens (tertiary/aromatic N) is 3. The number of halogens is 3. The Balaban J connectivity index is 2.25. The summed E-state index contributed by atoms with van der Waals surface area (Å²) in [6.07, 6.45) is -3.13. The van der Waals surface area contributed by atoms with Crippen molar-refractivity contribution in [3.05, 3.63) is 47.5 Å². The smallest absolute Gasteiger partial charge is 0.416 e. The number of pyridine rings is 1. The lowest BCUT2D eigenvalue weighted by Crippen LogP contribution is -2.14. The Morgan fingerprint density at radius 3 is 2.64 bits per heavy atom. The van der Waals surface area contributed by atoms with E-state index in [1.54, 1.807) is 45.3 Å². The summed E-state index contributed by atoms with van der Waals surface area (Å²) < 4.78 is 44.3. The number of anilines is 1. The minimum absolute atomic E-state index is 0.182. The van der Waals surface area contributed by atoms with Crippen molar-refractivity contribution in [2.45, 2.75) is 13.1 Å². The molecule has 0 atom stereocenters. The van der Waals surface area contributed by atoms with Crippen LogP contribution in [0.25, 0.3) is 11.3 Å². The number of carbonyl (C=O) groups is 1. The normalized spacial score (nSPS) is 11.5. The van der Waals surface area contributed by atoms with Crippen LogP contribution >= 0.6 is 0 Å². The quantitative estimate of drug-likeness (QED) is 0.406. The van der Waals surface area contributed by atoms with Gasteiger partial charge in [-0.2, -0.15) is 13.2 Å². The van der Waals surface area contributed by atoms with E-state index in [-0.39, 0.29) is 24.7 Å². The maximum atomic E-state index is 13.2. The molecule has 0 aliphatic heterocycles. The highest BCUT2D eigenvalue weighted by Gasteiger charge is 2.32. The van der Waals surface area contributed by atoms with Gasteiger partial charge in [0.2, 0.25) is 6.61 Å². The maximum absolute atomic E-state index is 13.2. The first-order valence-electron chi connectivity index (χ1n) is 8.38. The Labute approximate surface area is 160 Å². The number of rotatable bonds is 7. The summed E-state index contributed by atoms with van der Waals surface area (Å²) in [5.41, 5.74) is 0.467. The predicted octanol–water partition coefficient (Wildman–Crippen LogP) is 3.75. The van der Waals surface area contributed by atoms with E-state index in [9.17, 15) is 18.0 Å². The van der Waals surface area contributed by atoms with Crippen LogP contribution in [-0.4, -0.2) is 44.5 Å². The highest BCUT2D eigenvalue weighted by Crippen LogP contribution is 2.33. The highest BCUT2D eigenvalue weighted by atomic mass is 19.4. The monoisotopic (exact) mass is 395 g/mol. The average molecular weight is 395 g/mol. The third kappa shape index (κ3) is 5.97. The van der Waals surface area contributed by atoms with Crippen LogP contribution in [0.3, 0.4) is 0 Å². The first-order valence-corrected chi connectivity index (χ1v) is 8.38. The molecular weight excluding hydrogens is 375 g/mol. The van der Waals surface area contributed by atoms with E-state index in [0.29, 0.717) is 11.1 Å². The third-order valence-corrected chi connectivity index (χ3v) is 3.54. The molecule has 0 aliphatic rings. The molecule has 1 aromatic carbocycles. The van der Waals surface area contributed by atoms with Crippen LogP contribution in [0.5, 0.6) is 0 Å². The number of ether oxygens (including phenoxy) is 1. The van der Waals surface area contributed by atoms with E-state index in [4.69, 9.17) is 9.57 Å². The first-order chi connectivity index (χ1) is 13.2. The van der Waals surface area contributed by atoms with Crippen molar-refractivity contribution < 1.29 is 27.5 Å². The SMILES string of the molecule is CCOC(=O)CO/N=C/c1cccc(-c2cc(C(F)(F)F)cc(N(C)C)n2)c1. The molecule has 6 nitrogen and oxygen atoms in total. The number of alkyl halides is 3. The van der Waals surface area contributed by atoms with Crippen LogP contribution in [0.2, 0.25) is 0 Å². The molecule has 0 saturated heterocycles. The lowest BCUT2D eigenvalue weighted by atomic mass is 10.1. The zero-order valence-electron chi connectivity index (χ0n) is 15.7. The van der Waals surface area contributed by atoms with Crippen molar-refractivity contribution in [1.29, 1.82) is 0 Å². The van der Waals surface area contributed by atoms with E-state index < -0.39 is 17.7 Å². The second kappa shape index (κ2) is 9.20. The number of hydrogen-bond acceptors (Lipinski definition) is 6. The Kier molecular flexibility index (Phi) is 6.97. The molecule has 0 bridgehead atoms. The van der Waals surface area contributed by atoms with Gasteiger partial charge in [-0.1, -0.05) is 23.4 Å². The van der Waals surface area contributed by atoms with Crippen molar-refractivity contribution >= 4 is 18.0 Å². The fourth-order valence-electron chi connectivity index (χ4n) is 2.23. The summed E-state index contributed by atoms with van der Waals surface area (Å²) in [5, 5.41) is 3.67. The number of carbonyl (C=O) groups excluding carboxylic acids is 1. The molecule has 150 valence electrons. The minimum atomic E-state index is -4.48. The van der Waals surface area contributed by atoms with Gasteiger partial charge in [0.15, 0.2) is 0 Å². The minimum Gasteiger partial charge on any atom is -0.463 e. The van der Waals surface area contributed by atoms with Gasteiger partial charge in [0.05, 0.1) is 24.1 Å². The van der Waals surface area contributed by atoms with E-state index in [1.165, 1.54) is 11.1 Å². The zero-order valence-corrected chi connectivity index (χ0v) is 15.7. The highest BCUT2D eigenvalue weighted by molar-refractivity contribution is 5.82. The molecule has 2 aromatic rings. The van der Waals surface area contributed by atoms with Crippen molar-refractivity contribution in [2.75, 3.05) is 32.2 Å². The van der Waals surface area contributed by atoms with E-state index in [2.05, 4.69) is 10.1 Å².